The number of hydrogen-bond acceptors (Lipinski definition) is 1. The van der Waals surface area contributed by atoms with E-state index in [0.717, 1.165) is 17.2 Å². The molecule has 0 atom stereocenters. The van der Waals surface area contributed by atoms with Gasteiger partial charge < -0.3 is 0 Å². The molecule has 3 heteroatoms. The van der Waals surface area contributed by atoms with E-state index in [0.29, 0.717) is 0 Å². The van der Waals surface area contributed by atoms with Gasteiger partial charge >= 0.3 is 0 Å². The van der Waals surface area contributed by atoms with Gasteiger partial charge in [-0.25, -0.2) is 4.98 Å². The summed E-state index contributed by atoms with van der Waals surface area (Å²) >= 11 is 0. The van der Waals surface area contributed by atoms with Crippen molar-refractivity contribution in [3.63, 3.8) is 0 Å². The first-order valence-electron chi connectivity index (χ1n) is 11.6. The topological polar surface area (TPSA) is 22.8 Å². The molecule has 3 nitrogen and oxygen atoms in total. The Kier molecular flexibility index (Phi) is 4.88. The third-order valence-electron chi connectivity index (χ3n) is 6.52. The fraction of sp³-hybridized carbons (Fsp3) is 0.0645. The Hall–Kier alpha value is -4.37. The molecular weight excluding hydrogens is 414 g/mol. The van der Waals surface area contributed by atoms with E-state index < -0.39 is 0 Å². The van der Waals surface area contributed by atoms with E-state index in [4.69, 9.17) is 4.98 Å². The number of hydrogen-bond donors (Lipinski definition) is 0. The summed E-state index contributed by atoms with van der Waals surface area (Å²) in [5.74, 6) is 2.02. The summed E-state index contributed by atoms with van der Waals surface area (Å²) in [5.41, 5.74) is 8.35. The molecule has 0 saturated carbocycles. The van der Waals surface area contributed by atoms with Crippen LogP contribution >= 0.6 is 0 Å². The van der Waals surface area contributed by atoms with Gasteiger partial charge in [0, 0.05) is 28.9 Å². The molecule has 164 valence electrons. The molecule has 6 aromatic rings. The maximum Gasteiger partial charge on any atom is 0.145 e. The van der Waals surface area contributed by atoms with Crippen LogP contribution in [0, 0.1) is 13.8 Å². The van der Waals surface area contributed by atoms with Gasteiger partial charge in [-0.05, 0) is 42.7 Å². The average Bonchev–Trinajstić information content (AvgIpc) is 3.48. The van der Waals surface area contributed by atoms with E-state index in [1.54, 1.807) is 0 Å². The van der Waals surface area contributed by atoms with Gasteiger partial charge in [0.15, 0.2) is 0 Å². The first-order chi connectivity index (χ1) is 16.7. The molecule has 0 unspecified atom stereocenters. The van der Waals surface area contributed by atoms with E-state index in [9.17, 15) is 0 Å². The van der Waals surface area contributed by atoms with Crippen LogP contribution < -0.4 is 0 Å². The Morgan fingerprint density at radius 3 is 2.12 bits per heavy atom. The lowest BCUT2D eigenvalue weighted by molar-refractivity contribution is 0.946. The van der Waals surface area contributed by atoms with Gasteiger partial charge in [0.05, 0.1) is 11.2 Å². The van der Waals surface area contributed by atoms with Crippen LogP contribution in [-0.4, -0.2) is 14.1 Å². The zero-order valence-electron chi connectivity index (χ0n) is 19.3. The SMILES string of the molecule is Cc1ccccc1-c1c(-n2ccnc2-c2ccccc2)n(-c2ccccc2C)c2ccccc12. The van der Waals surface area contributed by atoms with Crippen LogP contribution in [0.1, 0.15) is 11.1 Å². The highest BCUT2D eigenvalue weighted by Crippen LogP contribution is 2.42. The summed E-state index contributed by atoms with van der Waals surface area (Å²) in [5, 5.41) is 1.22. The molecule has 0 amide bonds. The lowest BCUT2D eigenvalue weighted by atomic mass is 9.99. The number of aryl methyl sites for hydroxylation is 2. The fourth-order valence-corrected chi connectivity index (χ4v) is 4.91. The van der Waals surface area contributed by atoms with Gasteiger partial charge in [-0.2, -0.15) is 0 Å². The van der Waals surface area contributed by atoms with Crippen molar-refractivity contribution in [3.05, 3.63) is 127 Å². The molecule has 0 bridgehead atoms. The van der Waals surface area contributed by atoms with Crippen molar-refractivity contribution in [2.75, 3.05) is 0 Å². The van der Waals surface area contributed by atoms with Crippen LogP contribution in [0.15, 0.2) is 116 Å². The monoisotopic (exact) mass is 439 g/mol. The second-order valence-corrected chi connectivity index (χ2v) is 8.64. The Balaban J connectivity index is 1.80. The number of benzene rings is 4. The molecule has 0 aliphatic rings. The van der Waals surface area contributed by atoms with Gasteiger partial charge in [-0.3, -0.25) is 9.13 Å². The summed E-state index contributed by atoms with van der Waals surface area (Å²) in [6.07, 6.45) is 3.97. The molecule has 4 aromatic carbocycles. The van der Waals surface area contributed by atoms with E-state index in [2.05, 4.69) is 126 Å². The maximum atomic E-state index is 4.80. The highest BCUT2D eigenvalue weighted by atomic mass is 15.2. The molecule has 0 saturated heterocycles. The first kappa shape index (κ1) is 20.3. The van der Waals surface area contributed by atoms with Crippen LogP contribution in [0.3, 0.4) is 0 Å². The van der Waals surface area contributed by atoms with Crippen LogP contribution in [0.25, 0.3) is 44.9 Å². The Bertz CT molecular complexity index is 1540. The predicted molar refractivity (Wildman–Crippen MR) is 141 cm³/mol. The summed E-state index contributed by atoms with van der Waals surface area (Å²) < 4.78 is 4.63. The molecule has 0 aliphatic carbocycles. The third kappa shape index (κ3) is 3.17. The summed E-state index contributed by atoms with van der Waals surface area (Å²) in [6, 6.07) is 36.3. The second kappa shape index (κ2) is 8.20. The lowest BCUT2D eigenvalue weighted by Gasteiger charge is -2.18. The van der Waals surface area contributed by atoms with Crippen molar-refractivity contribution in [2.45, 2.75) is 13.8 Å². The summed E-state index contributed by atoms with van der Waals surface area (Å²) in [4.78, 5) is 4.80. The van der Waals surface area contributed by atoms with Gasteiger partial charge in [-0.15, -0.1) is 0 Å². The van der Waals surface area contributed by atoms with Gasteiger partial charge in [-0.1, -0.05) is 91.0 Å². The smallest absolute Gasteiger partial charge is 0.145 e. The van der Waals surface area contributed by atoms with E-state index >= 15 is 0 Å². The number of rotatable bonds is 4. The van der Waals surface area contributed by atoms with Crippen LogP contribution in [0.4, 0.5) is 0 Å². The molecule has 0 radical (unpaired) electrons. The minimum absolute atomic E-state index is 0.924. The summed E-state index contributed by atoms with van der Waals surface area (Å²) in [6.45, 7) is 4.36. The molecular formula is C31H25N3. The number of fused-ring (bicyclic) bond motifs is 1. The number of aromatic nitrogens is 3. The molecule has 2 aromatic heterocycles. The largest absolute Gasteiger partial charge is 0.295 e. The average molecular weight is 440 g/mol. The second-order valence-electron chi connectivity index (χ2n) is 8.64. The molecule has 0 fully saturated rings. The third-order valence-corrected chi connectivity index (χ3v) is 6.52. The minimum Gasteiger partial charge on any atom is -0.295 e. The zero-order valence-corrected chi connectivity index (χ0v) is 19.3. The van der Waals surface area contributed by atoms with Crippen LogP contribution in [-0.2, 0) is 0 Å². The highest BCUT2D eigenvalue weighted by molar-refractivity contribution is 6.03. The zero-order chi connectivity index (χ0) is 23.1. The Labute approximate surface area is 199 Å². The van der Waals surface area contributed by atoms with Gasteiger partial charge in [0.1, 0.15) is 11.6 Å². The summed E-state index contributed by atoms with van der Waals surface area (Å²) in [7, 11) is 0. The Morgan fingerprint density at radius 2 is 1.32 bits per heavy atom. The van der Waals surface area contributed by atoms with Crippen molar-refractivity contribution >= 4 is 10.9 Å². The molecule has 2 heterocycles. The fourth-order valence-electron chi connectivity index (χ4n) is 4.91. The highest BCUT2D eigenvalue weighted by Gasteiger charge is 2.24. The molecule has 34 heavy (non-hydrogen) atoms. The van der Waals surface area contributed by atoms with E-state index in [-0.39, 0.29) is 0 Å². The van der Waals surface area contributed by atoms with Gasteiger partial charge in [0.25, 0.3) is 0 Å². The number of para-hydroxylation sites is 2. The first-order valence-corrected chi connectivity index (χ1v) is 11.6. The van der Waals surface area contributed by atoms with Crippen molar-refractivity contribution in [3.8, 4) is 34.0 Å². The van der Waals surface area contributed by atoms with Crippen molar-refractivity contribution < 1.29 is 0 Å². The quantitative estimate of drug-likeness (QED) is 0.275. The van der Waals surface area contributed by atoms with E-state index in [1.165, 1.54) is 38.8 Å². The van der Waals surface area contributed by atoms with Crippen molar-refractivity contribution in [1.82, 2.24) is 14.1 Å². The van der Waals surface area contributed by atoms with E-state index in [1.807, 2.05) is 12.3 Å². The normalized spacial score (nSPS) is 11.2. The Morgan fingerprint density at radius 1 is 0.647 bits per heavy atom. The molecule has 0 N–H and O–H groups in total. The van der Waals surface area contributed by atoms with Crippen molar-refractivity contribution in [2.24, 2.45) is 0 Å². The lowest BCUT2D eigenvalue weighted by Crippen LogP contribution is -2.07. The predicted octanol–water partition coefficient (Wildman–Crippen LogP) is 7.77. The van der Waals surface area contributed by atoms with Crippen LogP contribution in [0.2, 0.25) is 0 Å². The minimum atomic E-state index is 0.924. The van der Waals surface area contributed by atoms with Crippen LogP contribution in [0.5, 0.6) is 0 Å². The number of imidazole rings is 1. The molecule has 0 spiro atoms. The maximum absolute atomic E-state index is 4.80. The molecule has 0 aliphatic heterocycles. The van der Waals surface area contributed by atoms with Gasteiger partial charge in [0.2, 0.25) is 0 Å². The number of nitrogens with zero attached hydrogens (tertiary/aromatic N) is 3. The standard InChI is InChI=1S/C31H25N3/c1-22-12-6-8-16-25(22)29-26-17-9-11-19-28(26)34(27-18-10-7-13-23(27)2)31(29)33-21-20-32-30(33)24-14-4-3-5-15-24/h3-21H,1-2H3. The molecule has 6 rings (SSSR count). The van der Waals surface area contributed by atoms with Crippen molar-refractivity contribution in [1.29, 1.82) is 0 Å².